The standard InChI is InChI=1S/C13H11ClN2O2/c14-9-4-5-11(12(17)7-9)13(18)16-8-10-3-1-2-6-15-10/h1-7,17H,8H2,(H,16,18). The lowest BCUT2D eigenvalue weighted by atomic mass is 10.2. The Balaban J connectivity index is 2.04. The first-order valence-corrected chi connectivity index (χ1v) is 5.71. The van der Waals surface area contributed by atoms with Crippen LogP contribution in [0.2, 0.25) is 5.02 Å². The van der Waals surface area contributed by atoms with E-state index in [-0.39, 0.29) is 17.2 Å². The number of benzene rings is 1. The molecule has 4 nitrogen and oxygen atoms in total. The van der Waals surface area contributed by atoms with Crippen LogP contribution < -0.4 is 5.32 Å². The molecule has 0 aliphatic heterocycles. The first-order valence-electron chi connectivity index (χ1n) is 5.33. The molecule has 1 amide bonds. The van der Waals surface area contributed by atoms with Gasteiger partial charge in [-0.3, -0.25) is 9.78 Å². The van der Waals surface area contributed by atoms with Crippen LogP contribution in [0.1, 0.15) is 16.1 Å². The zero-order valence-corrected chi connectivity index (χ0v) is 10.2. The van der Waals surface area contributed by atoms with E-state index in [1.54, 1.807) is 18.3 Å². The van der Waals surface area contributed by atoms with Gasteiger partial charge in [-0.05, 0) is 30.3 Å². The zero-order valence-electron chi connectivity index (χ0n) is 9.43. The number of phenolic OH excluding ortho intramolecular Hbond substituents is 1. The van der Waals surface area contributed by atoms with Crippen LogP contribution in [-0.4, -0.2) is 16.0 Å². The molecule has 0 saturated carbocycles. The molecule has 0 atom stereocenters. The quantitative estimate of drug-likeness (QED) is 0.893. The summed E-state index contributed by atoms with van der Waals surface area (Å²) < 4.78 is 0. The van der Waals surface area contributed by atoms with Gasteiger partial charge in [0.1, 0.15) is 5.75 Å². The van der Waals surface area contributed by atoms with Gasteiger partial charge in [0.05, 0.1) is 17.8 Å². The monoisotopic (exact) mass is 262 g/mol. The molecule has 0 aliphatic carbocycles. The Kier molecular flexibility index (Phi) is 3.79. The first-order chi connectivity index (χ1) is 8.66. The number of aromatic hydroxyl groups is 1. The second kappa shape index (κ2) is 5.51. The number of aromatic nitrogens is 1. The number of rotatable bonds is 3. The van der Waals surface area contributed by atoms with Crippen molar-refractivity contribution >= 4 is 17.5 Å². The van der Waals surface area contributed by atoms with Crippen LogP contribution in [0, 0.1) is 0 Å². The summed E-state index contributed by atoms with van der Waals surface area (Å²) in [5.41, 5.74) is 0.939. The van der Waals surface area contributed by atoms with Gasteiger partial charge in [-0.15, -0.1) is 0 Å². The van der Waals surface area contributed by atoms with Crippen LogP contribution in [0.5, 0.6) is 5.75 Å². The number of carbonyl (C=O) groups excluding carboxylic acids is 1. The lowest BCUT2D eigenvalue weighted by Gasteiger charge is -2.06. The van der Waals surface area contributed by atoms with Gasteiger partial charge in [0, 0.05) is 11.2 Å². The number of pyridine rings is 1. The highest BCUT2D eigenvalue weighted by atomic mass is 35.5. The molecule has 92 valence electrons. The Morgan fingerprint density at radius 1 is 1.33 bits per heavy atom. The van der Waals surface area contributed by atoms with Crippen molar-refractivity contribution in [3.05, 3.63) is 58.9 Å². The van der Waals surface area contributed by atoms with Crippen LogP contribution in [0.15, 0.2) is 42.6 Å². The maximum absolute atomic E-state index is 11.8. The summed E-state index contributed by atoms with van der Waals surface area (Å²) in [6.07, 6.45) is 1.65. The van der Waals surface area contributed by atoms with Gasteiger partial charge in [-0.25, -0.2) is 0 Å². The number of nitrogens with one attached hydrogen (secondary N) is 1. The Morgan fingerprint density at radius 3 is 2.83 bits per heavy atom. The minimum Gasteiger partial charge on any atom is -0.507 e. The van der Waals surface area contributed by atoms with Crippen LogP contribution in [-0.2, 0) is 6.54 Å². The van der Waals surface area contributed by atoms with Crippen molar-refractivity contribution in [1.82, 2.24) is 10.3 Å². The molecule has 0 fully saturated rings. The van der Waals surface area contributed by atoms with E-state index in [9.17, 15) is 9.90 Å². The Morgan fingerprint density at radius 2 is 2.17 bits per heavy atom. The van der Waals surface area contributed by atoms with Crippen molar-refractivity contribution in [3.63, 3.8) is 0 Å². The molecule has 0 radical (unpaired) electrons. The zero-order chi connectivity index (χ0) is 13.0. The molecule has 2 aromatic rings. The van der Waals surface area contributed by atoms with E-state index in [0.717, 1.165) is 5.69 Å². The van der Waals surface area contributed by atoms with E-state index in [2.05, 4.69) is 10.3 Å². The Labute approximate surface area is 109 Å². The molecule has 1 aromatic heterocycles. The molecule has 0 saturated heterocycles. The van der Waals surface area contributed by atoms with E-state index < -0.39 is 0 Å². The Hall–Kier alpha value is -2.07. The van der Waals surface area contributed by atoms with Crippen LogP contribution >= 0.6 is 11.6 Å². The fourth-order valence-corrected chi connectivity index (χ4v) is 1.63. The van der Waals surface area contributed by atoms with Crippen LogP contribution in [0.4, 0.5) is 0 Å². The number of amides is 1. The highest BCUT2D eigenvalue weighted by molar-refractivity contribution is 6.30. The van der Waals surface area contributed by atoms with E-state index >= 15 is 0 Å². The fraction of sp³-hybridized carbons (Fsp3) is 0.0769. The summed E-state index contributed by atoms with van der Waals surface area (Å²) in [7, 11) is 0. The van der Waals surface area contributed by atoms with Gasteiger partial charge >= 0.3 is 0 Å². The second-order valence-corrected chi connectivity index (χ2v) is 4.10. The summed E-state index contributed by atoms with van der Waals surface area (Å²) in [5.74, 6) is -0.504. The molecule has 0 bridgehead atoms. The minimum atomic E-state index is -0.366. The van der Waals surface area contributed by atoms with Gasteiger partial charge in [0.25, 0.3) is 5.91 Å². The topological polar surface area (TPSA) is 62.2 Å². The lowest BCUT2D eigenvalue weighted by molar-refractivity contribution is 0.0948. The number of carbonyl (C=O) groups is 1. The molecular formula is C13H11ClN2O2. The summed E-state index contributed by atoms with van der Waals surface area (Å²) in [6.45, 7) is 0.307. The van der Waals surface area contributed by atoms with Gasteiger partial charge < -0.3 is 10.4 Å². The van der Waals surface area contributed by atoms with Crippen molar-refractivity contribution < 1.29 is 9.90 Å². The molecule has 0 aliphatic rings. The number of nitrogens with zero attached hydrogens (tertiary/aromatic N) is 1. The van der Waals surface area contributed by atoms with Gasteiger partial charge in [-0.2, -0.15) is 0 Å². The summed E-state index contributed by atoms with van der Waals surface area (Å²) in [5, 5.41) is 12.7. The molecule has 0 spiro atoms. The van der Waals surface area contributed by atoms with Gasteiger partial charge in [0.2, 0.25) is 0 Å². The molecular weight excluding hydrogens is 252 g/mol. The maximum atomic E-state index is 11.8. The molecule has 2 rings (SSSR count). The Bertz CT molecular complexity index is 558. The minimum absolute atomic E-state index is 0.138. The fourth-order valence-electron chi connectivity index (χ4n) is 1.47. The van der Waals surface area contributed by atoms with Crippen molar-refractivity contribution in [3.8, 4) is 5.75 Å². The number of phenols is 1. The third-order valence-corrected chi connectivity index (χ3v) is 2.60. The number of halogens is 1. The first kappa shape index (κ1) is 12.4. The van der Waals surface area contributed by atoms with E-state index in [1.165, 1.54) is 12.1 Å². The third kappa shape index (κ3) is 2.99. The summed E-state index contributed by atoms with van der Waals surface area (Å²) in [4.78, 5) is 15.9. The average Bonchev–Trinajstić information content (AvgIpc) is 2.37. The van der Waals surface area contributed by atoms with Crippen LogP contribution in [0.25, 0.3) is 0 Å². The largest absolute Gasteiger partial charge is 0.507 e. The highest BCUT2D eigenvalue weighted by Crippen LogP contribution is 2.21. The molecule has 0 unspecified atom stereocenters. The molecule has 5 heteroatoms. The van der Waals surface area contributed by atoms with Crippen molar-refractivity contribution in [2.24, 2.45) is 0 Å². The second-order valence-electron chi connectivity index (χ2n) is 3.67. The van der Waals surface area contributed by atoms with Gasteiger partial charge in [0.15, 0.2) is 0 Å². The van der Waals surface area contributed by atoms with Crippen molar-refractivity contribution in [1.29, 1.82) is 0 Å². The third-order valence-electron chi connectivity index (χ3n) is 2.36. The SMILES string of the molecule is O=C(NCc1ccccn1)c1ccc(Cl)cc1O. The number of hydrogen-bond acceptors (Lipinski definition) is 3. The normalized spacial score (nSPS) is 10.1. The average molecular weight is 263 g/mol. The van der Waals surface area contributed by atoms with Crippen molar-refractivity contribution in [2.45, 2.75) is 6.54 Å². The smallest absolute Gasteiger partial charge is 0.255 e. The van der Waals surface area contributed by atoms with E-state index in [1.807, 2.05) is 12.1 Å². The number of hydrogen-bond donors (Lipinski definition) is 2. The summed E-state index contributed by atoms with van der Waals surface area (Å²) in [6, 6.07) is 9.81. The molecule has 18 heavy (non-hydrogen) atoms. The highest BCUT2D eigenvalue weighted by Gasteiger charge is 2.10. The predicted octanol–water partition coefficient (Wildman–Crippen LogP) is 2.37. The van der Waals surface area contributed by atoms with Crippen LogP contribution in [0.3, 0.4) is 0 Å². The molecule has 2 N–H and O–H groups in total. The van der Waals surface area contributed by atoms with E-state index in [0.29, 0.717) is 11.6 Å². The molecule has 1 heterocycles. The maximum Gasteiger partial charge on any atom is 0.255 e. The van der Waals surface area contributed by atoms with Gasteiger partial charge in [-0.1, -0.05) is 17.7 Å². The lowest BCUT2D eigenvalue weighted by Crippen LogP contribution is -2.23. The van der Waals surface area contributed by atoms with E-state index in [4.69, 9.17) is 11.6 Å². The van der Waals surface area contributed by atoms with Crippen molar-refractivity contribution in [2.75, 3.05) is 0 Å². The summed E-state index contributed by atoms with van der Waals surface area (Å²) >= 11 is 5.69. The predicted molar refractivity (Wildman–Crippen MR) is 68.5 cm³/mol. The molecule has 1 aromatic carbocycles.